The van der Waals surface area contributed by atoms with Gasteiger partial charge in [-0.3, -0.25) is 9.69 Å². The second-order valence-electron chi connectivity index (χ2n) is 5.49. The maximum absolute atomic E-state index is 12.2. The number of methoxy groups -OCH3 is 1. The van der Waals surface area contributed by atoms with Crippen molar-refractivity contribution in [2.24, 2.45) is 0 Å². The quantitative estimate of drug-likeness (QED) is 0.801. The largest absolute Gasteiger partial charge is 0.465 e. The van der Waals surface area contributed by atoms with Gasteiger partial charge in [0.25, 0.3) is 0 Å². The maximum Gasteiger partial charge on any atom is 0.337 e. The molecular formula is C16H24ClN3O3. The van der Waals surface area contributed by atoms with Crippen LogP contribution in [0.4, 0.5) is 0 Å². The Morgan fingerprint density at radius 3 is 2.39 bits per heavy atom. The van der Waals surface area contributed by atoms with E-state index in [-0.39, 0.29) is 24.3 Å². The molecule has 0 aliphatic carbocycles. The van der Waals surface area contributed by atoms with Crippen molar-refractivity contribution in [2.45, 2.75) is 6.54 Å². The van der Waals surface area contributed by atoms with E-state index in [0.29, 0.717) is 18.7 Å². The molecule has 6 nitrogen and oxygen atoms in total. The van der Waals surface area contributed by atoms with Crippen LogP contribution in [0.2, 0.25) is 0 Å². The molecule has 1 aliphatic rings. The molecule has 0 spiro atoms. The third kappa shape index (κ3) is 5.82. The van der Waals surface area contributed by atoms with Crippen molar-refractivity contribution in [3.05, 3.63) is 35.4 Å². The number of hydrogen-bond acceptors (Lipinski definition) is 5. The van der Waals surface area contributed by atoms with Crippen LogP contribution in [0.5, 0.6) is 0 Å². The first-order valence-corrected chi connectivity index (χ1v) is 7.44. The average Bonchev–Trinajstić information content (AvgIpc) is 2.55. The molecule has 1 aliphatic heterocycles. The molecule has 0 aromatic heterocycles. The number of ether oxygens (including phenoxy) is 1. The fourth-order valence-electron chi connectivity index (χ4n) is 2.48. The van der Waals surface area contributed by atoms with Gasteiger partial charge in [0.2, 0.25) is 5.91 Å². The summed E-state index contributed by atoms with van der Waals surface area (Å²) in [6.07, 6.45) is 0. The second-order valence-corrected chi connectivity index (χ2v) is 5.49. The number of esters is 1. The van der Waals surface area contributed by atoms with Crippen LogP contribution in [-0.2, 0) is 16.1 Å². The van der Waals surface area contributed by atoms with Gasteiger partial charge in [-0.05, 0) is 24.7 Å². The summed E-state index contributed by atoms with van der Waals surface area (Å²) in [5.41, 5.74) is 1.59. The van der Waals surface area contributed by atoms with E-state index in [1.54, 1.807) is 12.1 Å². The Morgan fingerprint density at radius 2 is 1.83 bits per heavy atom. The number of hydrogen-bond donors (Lipinski definition) is 1. The minimum atomic E-state index is -0.339. The molecule has 0 saturated carbocycles. The Hall–Kier alpha value is -1.63. The smallest absolute Gasteiger partial charge is 0.337 e. The summed E-state index contributed by atoms with van der Waals surface area (Å²) in [5, 5.41) is 3.24. The number of amides is 1. The molecule has 1 fully saturated rings. The van der Waals surface area contributed by atoms with Gasteiger partial charge in [-0.1, -0.05) is 12.1 Å². The molecular weight excluding hydrogens is 318 g/mol. The van der Waals surface area contributed by atoms with Crippen LogP contribution in [0.25, 0.3) is 0 Å². The fraction of sp³-hybridized carbons (Fsp3) is 0.500. The average molecular weight is 342 g/mol. The van der Waals surface area contributed by atoms with Crippen LogP contribution in [0, 0.1) is 0 Å². The van der Waals surface area contributed by atoms with Gasteiger partial charge < -0.3 is 15.0 Å². The van der Waals surface area contributed by atoms with Gasteiger partial charge in [0.1, 0.15) is 0 Å². The van der Waals surface area contributed by atoms with E-state index in [0.717, 1.165) is 31.7 Å². The van der Waals surface area contributed by atoms with Crippen LogP contribution in [0.15, 0.2) is 24.3 Å². The molecule has 1 aromatic rings. The van der Waals surface area contributed by atoms with Crippen molar-refractivity contribution < 1.29 is 14.3 Å². The lowest BCUT2D eigenvalue weighted by molar-refractivity contribution is -0.132. The Morgan fingerprint density at radius 1 is 1.22 bits per heavy atom. The van der Waals surface area contributed by atoms with Crippen LogP contribution in [0.1, 0.15) is 15.9 Å². The Kier molecular flexibility index (Phi) is 8.02. The standard InChI is InChI=1S/C16H23N3O3.ClH/c1-18(12-15(20)19-9-7-17-8-10-19)11-13-3-5-14(6-4-13)16(21)22-2;/h3-6,17H,7-12H2,1-2H3;1H. The fourth-order valence-corrected chi connectivity index (χ4v) is 2.48. The Labute approximate surface area is 143 Å². The molecule has 23 heavy (non-hydrogen) atoms. The van der Waals surface area contributed by atoms with Gasteiger partial charge >= 0.3 is 5.97 Å². The highest BCUT2D eigenvalue weighted by Gasteiger charge is 2.17. The molecule has 1 saturated heterocycles. The number of nitrogens with zero attached hydrogens (tertiary/aromatic N) is 2. The first-order valence-electron chi connectivity index (χ1n) is 7.44. The number of benzene rings is 1. The van der Waals surface area contributed by atoms with E-state index in [9.17, 15) is 9.59 Å². The third-order valence-corrected chi connectivity index (χ3v) is 3.70. The predicted molar refractivity (Wildman–Crippen MR) is 90.8 cm³/mol. The molecule has 2 rings (SSSR count). The Bertz CT molecular complexity index is 516. The first kappa shape index (κ1) is 19.4. The highest BCUT2D eigenvalue weighted by Crippen LogP contribution is 2.08. The van der Waals surface area contributed by atoms with Gasteiger partial charge in [0.05, 0.1) is 19.2 Å². The molecule has 0 unspecified atom stereocenters. The highest BCUT2D eigenvalue weighted by molar-refractivity contribution is 5.89. The van der Waals surface area contributed by atoms with E-state index in [1.807, 2.05) is 29.0 Å². The number of halogens is 1. The van der Waals surface area contributed by atoms with Crippen molar-refractivity contribution in [2.75, 3.05) is 46.9 Å². The van der Waals surface area contributed by atoms with Gasteiger partial charge in [-0.2, -0.15) is 0 Å². The SMILES string of the molecule is COC(=O)c1ccc(CN(C)CC(=O)N2CCNCC2)cc1.Cl. The van der Waals surface area contributed by atoms with E-state index >= 15 is 0 Å². The maximum atomic E-state index is 12.2. The molecule has 0 atom stereocenters. The molecule has 1 N–H and O–H groups in total. The van der Waals surface area contributed by atoms with E-state index in [4.69, 9.17) is 0 Å². The summed E-state index contributed by atoms with van der Waals surface area (Å²) in [7, 11) is 3.29. The highest BCUT2D eigenvalue weighted by atomic mass is 35.5. The summed E-state index contributed by atoms with van der Waals surface area (Å²) in [6.45, 7) is 4.36. The van der Waals surface area contributed by atoms with Crippen molar-refractivity contribution in [3.63, 3.8) is 0 Å². The summed E-state index contributed by atoms with van der Waals surface area (Å²) < 4.78 is 4.67. The van der Waals surface area contributed by atoms with Crippen LogP contribution >= 0.6 is 12.4 Å². The van der Waals surface area contributed by atoms with Crippen molar-refractivity contribution in [1.82, 2.24) is 15.1 Å². The predicted octanol–water partition coefficient (Wildman–Crippen LogP) is 0.759. The third-order valence-electron chi connectivity index (χ3n) is 3.70. The molecule has 0 radical (unpaired) electrons. The summed E-state index contributed by atoms with van der Waals surface area (Å²) in [5.74, 6) is -0.177. The number of nitrogens with one attached hydrogen (secondary N) is 1. The lowest BCUT2D eigenvalue weighted by atomic mass is 10.1. The zero-order chi connectivity index (χ0) is 15.9. The minimum Gasteiger partial charge on any atom is -0.465 e. The monoisotopic (exact) mass is 341 g/mol. The molecule has 0 bridgehead atoms. The zero-order valence-electron chi connectivity index (χ0n) is 13.6. The molecule has 1 aromatic carbocycles. The summed E-state index contributed by atoms with van der Waals surface area (Å²) >= 11 is 0. The van der Waals surface area contributed by atoms with E-state index < -0.39 is 0 Å². The number of piperazine rings is 1. The second kappa shape index (κ2) is 9.50. The topological polar surface area (TPSA) is 61.9 Å². The lowest BCUT2D eigenvalue weighted by Crippen LogP contribution is -2.49. The van der Waals surface area contributed by atoms with Gasteiger partial charge in [-0.25, -0.2) is 4.79 Å². The van der Waals surface area contributed by atoms with Crippen molar-refractivity contribution in [3.8, 4) is 0 Å². The van der Waals surface area contributed by atoms with Gasteiger partial charge in [-0.15, -0.1) is 12.4 Å². The van der Waals surface area contributed by atoms with Crippen molar-refractivity contribution in [1.29, 1.82) is 0 Å². The first-order chi connectivity index (χ1) is 10.6. The van der Waals surface area contributed by atoms with E-state index in [2.05, 4.69) is 10.1 Å². The molecule has 128 valence electrons. The normalized spacial score (nSPS) is 14.3. The van der Waals surface area contributed by atoms with Crippen LogP contribution in [-0.4, -0.2) is 68.6 Å². The molecule has 1 heterocycles. The van der Waals surface area contributed by atoms with Gasteiger partial charge in [0, 0.05) is 32.7 Å². The molecule has 1 amide bonds. The Balaban J connectivity index is 0.00000264. The minimum absolute atomic E-state index is 0. The lowest BCUT2D eigenvalue weighted by Gasteiger charge is -2.29. The van der Waals surface area contributed by atoms with Crippen LogP contribution in [0.3, 0.4) is 0 Å². The number of carbonyl (C=O) groups is 2. The van der Waals surface area contributed by atoms with E-state index in [1.165, 1.54) is 7.11 Å². The number of carbonyl (C=O) groups excluding carboxylic acids is 2. The zero-order valence-corrected chi connectivity index (χ0v) is 14.4. The summed E-state index contributed by atoms with van der Waals surface area (Å²) in [4.78, 5) is 27.4. The van der Waals surface area contributed by atoms with Crippen LogP contribution < -0.4 is 5.32 Å². The number of likely N-dealkylation sites (N-methyl/N-ethyl adjacent to an activating group) is 1. The van der Waals surface area contributed by atoms with Gasteiger partial charge in [0.15, 0.2) is 0 Å². The summed E-state index contributed by atoms with van der Waals surface area (Å²) in [6, 6.07) is 7.26. The number of rotatable bonds is 5. The van der Waals surface area contributed by atoms with Crippen molar-refractivity contribution >= 4 is 24.3 Å². The molecule has 7 heteroatoms.